The number of nitrogens with zero attached hydrogens (tertiary/aromatic N) is 2. The van der Waals surface area contributed by atoms with Crippen LogP contribution in [0.4, 0.5) is 5.69 Å². The zero-order valence-electron chi connectivity index (χ0n) is 16.4. The molecule has 31 heavy (non-hydrogen) atoms. The molecule has 0 unspecified atom stereocenters. The summed E-state index contributed by atoms with van der Waals surface area (Å²) in [7, 11) is 0. The Balaban J connectivity index is 1.40. The first-order valence-electron chi connectivity index (χ1n) is 9.71. The molecule has 0 saturated carbocycles. The van der Waals surface area contributed by atoms with Crippen LogP contribution in [0.5, 0.6) is 0 Å². The smallest absolute Gasteiger partial charge is 0.283 e. The van der Waals surface area contributed by atoms with Crippen LogP contribution in [0.1, 0.15) is 10.4 Å². The second kappa shape index (κ2) is 8.12. The predicted octanol–water partition coefficient (Wildman–Crippen LogP) is 5.92. The summed E-state index contributed by atoms with van der Waals surface area (Å²) in [4.78, 5) is 13.0. The van der Waals surface area contributed by atoms with Crippen molar-refractivity contribution >= 4 is 11.6 Å². The Bertz CT molecular complexity index is 1330. The number of aromatic nitrogens is 2. The molecule has 0 atom stereocenters. The van der Waals surface area contributed by atoms with Crippen molar-refractivity contribution in [1.29, 1.82) is 0 Å². The quantitative estimate of drug-likeness (QED) is 0.391. The van der Waals surface area contributed by atoms with Crippen LogP contribution < -0.4 is 5.32 Å². The van der Waals surface area contributed by atoms with E-state index in [1.165, 1.54) is 0 Å². The minimum Gasteiger partial charge on any atom is -0.459 e. The molecule has 5 rings (SSSR count). The number of hydrogen-bond acceptors (Lipinski definition) is 5. The van der Waals surface area contributed by atoms with Gasteiger partial charge in [-0.25, -0.2) is 0 Å². The second-order valence-electron chi connectivity index (χ2n) is 6.84. The van der Waals surface area contributed by atoms with Crippen LogP contribution in [0, 0.1) is 0 Å². The number of carbonyl (C=O) groups is 1. The van der Waals surface area contributed by atoms with E-state index in [-0.39, 0.29) is 5.91 Å². The fourth-order valence-corrected chi connectivity index (χ4v) is 3.32. The van der Waals surface area contributed by atoms with E-state index in [1.807, 2.05) is 72.8 Å². The molecule has 0 radical (unpaired) electrons. The van der Waals surface area contributed by atoms with Crippen molar-refractivity contribution < 1.29 is 13.6 Å². The number of rotatable bonds is 5. The Morgan fingerprint density at radius 2 is 1.52 bits per heavy atom. The van der Waals surface area contributed by atoms with Gasteiger partial charge in [-0.05, 0) is 47.5 Å². The number of amides is 1. The van der Waals surface area contributed by atoms with E-state index in [1.54, 1.807) is 24.5 Å². The first-order valence-corrected chi connectivity index (χ1v) is 9.71. The lowest BCUT2D eigenvalue weighted by molar-refractivity contribution is 0.102. The molecule has 1 N–H and O–H groups in total. The van der Waals surface area contributed by atoms with E-state index in [2.05, 4.69) is 15.5 Å². The highest BCUT2D eigenvalue weighted by Crippen LogP contribution is 2.27. The second-order valence-corrected chi connectivity index (χ2v) is 6.84. The van der Waals surface area contributed by atoms with Crippen LogP contribution in [0.25, 0.3) is 34.2 Å². The number of furan rings is 1. The summed E-state index contributed by atoms with van der Waals surface area (Å²) in [6, 6.07) is 28.1. The Morgan fingerprint density at radius 3 is 2.35 bits per heavy atom. The molecule has 2 heterocycles. The number of carbonyl (C=O) groups excluding carboxylic acids is 1. The van der Waals surface area contributed by atoms with E-state index in [0.717, 1.165) is 11.1 Å². The Hall–Kier alpha value is -4.45. The zero-order chi connectivity index (χ0) is 21.0. The van der Waals surface area contributed by atoms with Crippen LogP contribution in [0.2, 0.25) is 0 Å². The van der Waals surface area contributed by atoms with Crippen molar-refractivity contribution in [2.24, 2.45) is 0 Å². The highest BCUT2D eigenvalue weighted by Gasteiger charge is 2.15. The molecule has 3 aromatic carbocycles. The minimum atomic E-state index is -0.196. The first-order chi connectivity index (χ1) is 15.3. The maximum absolute atomic E-state index is 13.0. The van der Waals surface area contributed by atoms with Gasteiger partial charge in [0, 0.05) is 16.8 Å². The van der Waals surface area contributed by atoms with Gasteiger partial charge in [0.25, 0.3) is 11.8 Å². The average Bonchev–Trinajstić information content (AvgIpc) is 3.52. The molecule has 6 nitrogen and oxygen atoms in total. The van der Waals surface area contributed by atoms with Gasteiger partial charge in [0.15, 0.2) is 5.76 Å². The zero-order valence-corrected chi connectivity index (χ0v) is 16.4. The first kappa shape index (κ1) is 18.6. The molecule has 0 bridgehead atoms. The Kier molecular flexibility index (Phi) is 4.86. The van der Waals surface area contributed by atoms with Gasteiger partial charge in [-0.1, -0.05) is 54.6 Å². The van der Waals surface area contributed by atoms with Gasteiger partial charge in [0.1, 0.15) is 0 Å². The van der Waals surface area contributed by atoms with Crippen LogP contribution >= 0.6 is 0 Å². The van der Waals surface area contributed by atoms with E-state index in [9.17, 15) is 4.79 Å². The summed E-state index contributed by atoms with van der Waals surface area (Å²) in [6.45, 7) is 0. The summed E-state index contributed by atoms with van der Waals surface area (Å²) in [5.74, 6) is 0.942. The largest absolute Gasteiger partial charge is 0.459 e. The summed E-state index contributed by atoms with van der Waals surface area (Å²) < 4.78 is 11.0. The van der Waals surface area contributed by atoms with Crippen molar-refractivity contribution in [2.45, 2.75) is 0 Å². The molecule has 6 heteroatoms. The van der Waals surface area contributed by atoms with Crippen molar-refractivity contribution in [1.82, 2.24) is 10.2 Å². The van der Waals surface area contributed by atoms with Gasteiger partial charge in [-0.3, -0.25) is 4.79 Å². The van der Waals surface area contributed by atoms with E-state index in [0.29, 0.717) is 34.4 Å². The molecular weight excluding hydrogens is 390 g/mol. The number of hydrogen-bond donors (Lipinski definition) is 1. The van der Waals surface area contributed by atoms with Crippen LogP contribution in [0.3, 0.4) is 0 Å². The lowest BCUT2D eigenvalue weighted by atomic mass is 9.99. The van der Waals surface area contributed by atoms with Crippen LogP contribution in [-0.2, 0) is 0 Å². The topological polar surface area (TPSA) is 81.2 Å². The molecule has 0 saturated heterocycles. The van der Waals surface area contributed by atoms with Crippen molar-refractivity contribution in [2.75, 3.05) is 5.32 Å². The fraction of sp³-hybridized carbons (Fsp3) is 0. The fourth-order valence-electron chi connectivity index (χ4n) is 3.32. The van der Waals surface area contributed by atoms with Gasteiger partial charge in [0.05, 0.1) is 6.26 Å². The summed E-state index contributed by atoms with van der Waals surface area (Å²) in [5, 5.41) is 11.1. The van der Waals surface area contributed by atoms with Crippen LogP contribution in [-0.4, -0.2) is 16.1 Å². The van der Waals surface area contributed by atoms with Crippen molar-refractivity contribution in [3.8, 4) is 34.2 Å². The number of anilines is 1. The standard InChI is InChI=1S/C25H17N3O3/c29-23(21-13-5-4-12-20(21)17-8-2-1-3-9-17)26-19-11-6-10-18(16-19)24-27-28-25(31-24)22-14-7-15-30-22/h1-16H,(H,26,29). The molecule has 5 aromatic rings. The lowest BCUT2D eigenvalue weighted by Gasteiger charge is -2.11. The van der Waals surface area contributed by atoms with Crippen LogP contribution in [0.15, 0.2) is 106 Å². The third-order valence-electron chi connectivity index (χ3n) is 4.78. The molecule has 1 amide bonds. The SMILES string of the molecule is O=C(Nc1cccc(-c2nnc(-c3ccco3)o2)c1)c1ccccc1-c1ccccc1. The summed E-state index contributed by atoms with van der Waals surface area (Å²) in [5.41, 5.74) is 3.77. The molecule has 2 aromatic heterocycles. The lowest BCUT2D eigenvalue weighted by Crippen LogP contribution is -2.13. The average molecular weight is 407 g/mol. The molecule has 0 spiro atoms. The third-order valence-corrected chi connectivity index (χ3v) is 4.78. The maximum Gasteiger partial charge on any atom is 0.283 e. The number of nitrogens with one attached hydrogen (secondary N) is 1. The molecule has 150 valence electrons. The predicted molar refractivity (Wildman–Crippen MR) is 117 cm³/mol. The van der Waals surface area contributed by atoms with Gasteiger partial charge < -0.3 is 14.2 Å². The molecule has 0 aliphatic rings. The highest BCUT2D eigenvalue weighted by atomic mass is 16.4. The highest BCUT2D eigenvalue weighted by molar-refractivity contribution is 6.08. The molecule has 0 aliphatic heterocycles. The van der Waals surface area contributed by atoms with E-state index >= 15 is 0 Å². The third kappa shape index (κ3) is 3.86. The van der Waals surface area contributed by atoms with Crippen molar-refractivity contribution in [3.05, 3.63) is 103 Å². The van der Waals surface area contributed by atoms with Gasteiger partial charge in [0.2, 0.25) is 5.89 Å². The Morgan fingerprint density at radius 1 is 0.742 bits per heavy atom. The maximum atomic E-state index is 13.0. The monoisotopic (exact) mass is 407 g/mol. The molecule has 0 aliphatic carbocycles. The summed E-state index contributed by atoms with van der Waals surface area (Å²) >= 11 is 0. The summed E-state index contributed by atoms with van der Waals surface area (Å²) in [6.07, 6.45) is 1.54. The molecule has 0 fully saturated rings. The normalized spacial score (nSPS) is 10.7. The van der Waals surface area contributed by atoms with Gasteiger partial charge in [-0.15, -0.1) is 10.2 Å². The molecular formula is C25H17N3O3. The van der Waals surface area contributed by atoms with E-state index < -0.39 is 0 Å². The number of benzene rings is 3. The van der Waals surface area contributed by atoms with Gasteiger partial charge >= 0.3 is 0 Å². The van der Waals surface area contributed by atoms with Crippen molar-refractivity contribution in [3.63, 3.8) is 0 Å². The van der Waals surface area contributed by atoms with E-state index in [4.69, 9.17) is 8.83 Å². The minimum absolute atomic E-state index is 0.196. The Labute approximate surface area is 178 Å². The van der Waals surface area contributed by atoms with Gasteiger partial charge in [-0.2, -0.15) is 0 Å².